The van der Waals surface area contributed by atoms with Gasteiger partial charge in [-0.3, -0.25) is 4.31 Å². The third kappa shape index (κ3) is 3.43. The molecule has 0 aromatic heterocycles. The van der Waals surface area contributed by atoms with Crippen molar-refractivity contribution in [2.24, 2.45) is 10.4 Å². The van der Waals surface area contributed by atoms with Gasteiger partial charge in [0.15, 0.2) is 0 Å². The smallest absolute Gasteiger partial charge is 0.252 e. The number of nitrogens with zero attached hydrogens (tertiary/aromatic N) is 2. The van der Waals surface area contributed by atoms with Gasteiger partial charge in [-0.25, -0.2) is 13.4 Å². The van der Waals surface area contributed by atoms with E-state index in [4.69, 9.17) is 0 Å². The van der Waals surface area contributed by atoms with Crippen molar-refractivity contribution in [1.82, 2.24) is 4.31 Å². The summed E-state index contributed by atoms with van der Waals surface area (Å²) in [6.07, 6.45) is -3.75. The zero-order chi connectivity index (χ0) is 24.4. The van der Waals surface area contributed by atoms with Gasteiger partial charge in [-0.05, 0) is 55.3 Å². The van der Waals surface area contributed by atoms with Gasteiger partial charge in [0.2, 0.25) is 0 Å². The van der Waals surface area contributed by atoms with Crippen LogP contribution in [0.4, 0.5) is 18.9 Å². The van der Waals surface area contributed by atoms with E-state index in [-0.39, 0.29) is 22.5 Å². The molecule has 3 aromatic carbocycles. The lowest BCUT2D eigenvalue weighted by molar-refractivity contribution is -0.137. The minimum absolute atomic E-state index is 0.159. The van der Waals surface area contributed by atoms with Crippen LogP contribution in [0.1, 0.15) is 30.0 Å². The van der Waals surface area contributed by atoms with Crippen molar-refractivity contribution in [2.45, 2.75) is 36.8 Å². The lowest BCUT2D eigenvalue weighted by atomic mass is 9.89. The molecule has 1 aliphatic heterocycles. The first-order valence-corrected chi connectivity index (χ1v) is 12.3. The first-order valence-electron chi connectivity index (χ1n) is 10.9. The van der Waals surface area contributed by atoms with Crippen molar-refractivity contribution in [1.29, 1.82) is 0 Å². The number of piperidine rings is 1. The second kappa shape index (κ2) is 7.43. The van der Waals surface area contributed by atoms with Crippen LogP contribution >= 0.6 is 0 Å². The molecule has 2 aliphatic rings. The van der Waals surface area contributed by atoms with E-state index in [1.807, 2.05) is 44.2 Å². The molecule has 0 spiro atoms. The van der Waals surface area contributed by atoms with Crippen LogP contribution in [0.5, 0.6) is 0 Å². The second-order valence-electron chi connectivity index (χ2n) is 9.31. The number of alkyl halides is 3. The van der Waals surface area contributed by atoms with Gasteiger partial charge in [-0.15, -0.1) is 0 Å². The van der Waals surface area contributed by atoms with E-state index < -0.39 is 27.2 Å². The Kier molecular flexibility index (Phi) is 4.95. The van der Waals surface area contributed by atoms with Crippen molar-refractivity contribution >= 4 is 21.5 Å². The molecular weight excluding hydrogens is 461 g/mol. The molecule has 1 saturated carbocycles. The molecule has 2 fully saturated rings. The van der Waals surface area contributed by atoms with E-state index in [1.54, 1.807) is 24.3 Å². The summed E-state index contributed by atoms with van der Waals surface area (Å²) in [5.41, 5.74) is 0.393. The largest absolute Gasteiger partial charge is 0.416 e. The van der Waals surface area contributed by atoms with Crippen LogP contribution < -0.4 is 0 Å². The van der Waals surface area contributed by atoms with Crippen LogP contribution in [0.25, 0.3) is 0 Å². The number of aliphatic imine (C=N–C) groups is 1. The molecule has 2 atom stereocenters. The molecule has 5 rings (SSSR count). The van der Waals surface area contributed by atoms with Gasteiger partial charge in [0.25, 0.3) is 10.0 Å². The fourth-order valence-electron chi connectivity index (χ4n) is 5.02. The Balaban J connectivity index is 1.66. The predicted molar refractivity (Wildman–Crippen MR) is 124 cm³/mol. The lowest BCUT2D eigenvalue weighted by Crippen LogP contribution is -2.38. The number of fused-ring (bicyclic) bond motifs is 1. The zero-order valence-corrected chi connectivity index (χ0v) is 19.5. The van der Waals surface area contributed by atoms with Crippen molar-refractivity contribution < 1.29 is 21.6 Å². The third-order valence-electron chi connectivity index (χ3n) is 6.98. The summed E-state index contributed by atoms with van der Waals surface area (Å²) in [5.74, 6) is 0.349. The van der Waals surface area contributed by atoms with Crippen molar-refractivity contribution in [3.8, 4) is 0 Å². The molecule has 1 heterocycles. The number of hydrogen-bond acceptors (Lipinski definition) is 3. The summed E-state index contributed by atoms with van der Waals surface area (Å²) >= 11 is 0. The van der Waals surface area contributed by atoms with Crippen LogP contribution in [0.2, 0.25) is 0 Å². The highest BCUT2D eigenvalue weighted by molar-refractivity contribution is 7.89. The fourth-order valence-corrected chi connectivity index (χ4v) is 6.64. The predicted octanol–water partition coefficient (Wildman–Crippen LogP) is 6.10. The molecule has 0 radical (unpaired) electrons. The Labute approximate surface area is 196 Å². The maximum absolute atomic E-state index is 13.7. The summed E-state index contributed by atoms with van der Waals surface area (Å²) < 4.78 is 67.9. The first kappa shape index (κ1) is 22.7. The first-order chi connectivity index (χ1) is 16.0. The summed E-state index contributed by atoms with van der Waals surface area (Å²) in [6, 6.07) is 20.7. The topological polar surface area (TPSA) is 49.7 Å². The van der Waals surface area contributed by atoms with Gasteiger partial charge in [-0.1, -0.05) is 55.0 Å². The monoisotopic (exact) mass is 484 g/mol. The molecule has 2 unspecified atom stereocenters. The van der Waals surface area contributed by atoms with Crippen LogP contribution in [-0.2, 0) is 21.6 Å². The lowest BCUT2D eigenvalue weighted by Gasteiger charge is -2.25. The Bertz CT molecular complexity index is 1370. The molecule has 0 N–H and O–H groups in total. The van der Waals surface area contributed by atoms with Gasteiger partial charge in [0.05, 0.1) is 21.6 Å². The molecule has 0 amide bonds. The molecule has 3 aromatic rings. The van der Waals surface area contributed by atoms with E-state index in [1.165, 1.54) is 16.4 Å². The van der Waals surface area contributed by atoms with Gasteiger partial charge < -0.3 is 0 Å². The molecule has 176 valence electrons. The number of rotatable bonds is 4. The summed E-state index contributed by atoms with van der Waals surface area (Å²) in [5, 5.41) is 0. The Hall–Kier alpha value is -3.13. The zero-order valence-electron chi connectivity index (χ0n) is 18.7. The Morgan fingerprint density at radius 2 is 1.53 bits per heavy atom. The van der Waals surface area contributed by atoms with Crippen LogP contribution in [0.3, 0.4) is 0 Å². The summed E-state index contributed by atoms with van der Waals surface area (Å²) in [7, 11) is -3.92. The maximum atomic E-state index is 13.7. The number of hydrogen-bond donors (Lipinski definition) is 0. The highest BCUT2D eigenvalue weighted by Gasteiger charge is 2.75. The normalized spacial score (nSPS) is 25.4. The molecule has 0 bridgehead atoms. The highest BCUT2D eigenvalue weighted by Crippen LogP contribution is 2.70. The number of amidine groups is 1. The molecule has 1 saturated heterocycles. The summed E-state index contributed by atoms with van der Waals surface area (Å²) in [4.78, 5) is 4.84. The molecule has 4 nitrogen and oxygen atoms in total. The van der Waals surface area contributed by atoms with Crippen molar-refractivity contribution in [3.63, 3.8) is 0 Å². The highest BCUT2D eigenvalue weighted by atomic mass is 32.2. The van der Waals surface area contributed by atoms with E-state index in [0.29, 0.717) is 12.3 Å². The number of benzene rings is 3. The average Bonchev–Trinajstić information content (AvgIpc) is 3.34. The quantitative estimate of drug-likeness (QED) is 0.450. The molecular formula is C26H23F3N2O2S. The van der Waals surface area contributed by atoms with Gasteiger partial charge in [0.1, 0.15) is 5.84 Å². The maximum Gasteiger partial charge on any atom is 0.416 e. The van der Waals surface area contributed by atoms with E-state index in [0.717, 1.165) is 23.3 Å². The van der Waals surface area contributed by atoms with Crippen LogP contribution in [0, 0.1) is 12.3 Å². The second-order valence-corrected chi connectivity index (χ2v) is 11.2. The van der Waals surface area contributed by atoms with E-state index >= 15 is 0 Å². The van der Waals surface area contributed by atoms with Gasteiger partial charge in [0, 0.05) is 12.0 Å². The molecule has 8 heteroatoms. The third-order valence-corrected chi connectivity index (χ3v) is 8.73. The standard InChI is InChI=1S/C26H23F3N2O2S/c1-18-8-14-22(15-9-18)34(32,33)31-17-24(2)16-25(24,19-6-4-3-5-7-19)23(31)30-21-12-10-20(11-13-21)26(27,28)29/h3-15H,16-17H2,1-2H3. The Morgan fingerprint density at radius 3 is 2.12 bits per heavy atom. The minimum atomic E-state index is -4.46. The van der Waals surface area contributed by atoms with Crippen LogP contribution in [-0.4, -0.2) is 25.1 Å². The van der Waals surface area contributed by atoms with E-state index in [2.05, 4.69) is 4.99 Å². The SMILES string of the molecule is Cc1ccc(S(=O)(=O)N2CC3(C)CC3(c3ccccc3)C2=Nc2ccc(C(F)(F)F)cc2)cc1. The number of halogens is 3. The number of sulfonamides is 1. The molecule has 34 heavy (non-hydrogen) atoms. The van der Waals surface area contributed by atoms with Gasteiger partial charge in [-0.2, -0.15) is 13.2 Å². The molecule has 1 aliphatic carbocycles. The minimum Gasteiger partial charge on any atom is -0.252 e. The summed E-state index contributed by atoms with van der Waals surface area (Å²) in [6.45, 7) is 4.16. The number of aryl methyl sites for hydroxylation is 1. The average molecular weight is 485 g/mol. The van der Waals surface area contributed by atoms with Crippen molar-refractivity contribution in [3.05, 3.63) is 95.6 Å². The van der Waals surface area contributed by atoms with Crippen molar-refractivity contribution in [2.75, 3.05) is 6.54 Å². The van der Waals surface area contributed by atoms with E-state index in [9.17, 15) is 21.6 Å². The van der Waals surface area contributed by atoms with Crippen LogP contribution in [0.15, 0.2) is 88.8 Å². The fraction of sp³-hybridized carbons (Fsp3) is 0.269. The van der Waals surface area contributed by atoms with Gasteiger partial charge >= 0.3 is 6.18 Å². The Morgan fingerprint density at radius 1 is 0.912 bits per heavy atom.